The summed E-state index contributed by atoms with van der Waals surface area (Å²) in [5.74, 6) is -0.101. The zero-order chi connectivity index (χ0) is 14.8. The molecule has 0 fully saturated rings. The van der Waals surface area contributed by atoms with Crippen LogP contribution in [0, 0.1) is 0 Å². The number of carboxylic acids is 1. The summed E-state index contributed by atoms with van der Waals surface area (Å²) in [6.45, 7) is 6.28. The van der Waals surface area contributed by atoms with Crippen LogP contribution >= 0.6 is 0 Å². The highest BCUT2D eigenvalue weighted by atomic mass is 16.5. The van der Waals surface area contributed by atoms with Gasteiger partial charge in [-0.05, 0) is 17.5 Å². The molecule has 0 unspecified atom stereocenters. The molecule has 20 heavy (non-hydrogen) atoms. The van der Waals surface area contributed by atoms with Gasteiger partial charge in [-0.25, -0.2) is 9.78 Å². The van der Waals surface area contributed by atoms with Gasteiger partial charge in [-0.1, -0.05) is 45.0 Å². The molecule has 0 saturated carbocycles. The summed E-state index contributed by atoms with van der Waals surface area (Å²) >= 11 is 0. The lowest BCUT2D eigenvalue weighted by atomic mass is 9.86. The number of pyridine rings is 1. The molecule has 1 aromatic heterocycles. The van der Waals surface area contributed by atoms with Gasteiger partial charge < -0.3 is 9.84 Å². The molecule has 4 nitrogen and oxygen atoms in total. The monoisotopic (exact) mass is 271 g/mol. The van der Waals surface area contributed by atoms with E-state index in [2.05, 4.69) is 25.8 Å². The van der Waals surface area contributed by atoms with Gasteiger partial charge in [0.15, 0.2) is 5.69 Å². The number of rotatable bonds is 3. The molecule has 4 heteroatoms. The maximum Gasteiger partial charge on any atom is 0.354 e. The third-order valence-electron chi connectivity index (χ3n) is 2.85. The maximum absolute atomic E-state index is 10.9. The fourth-order valence-corrected chi connectivity index (χ4v) is 1.88. The minimum absolute atomic E-state index is 0.0317. The van der Waals surface area contributed by atoms with Crippen molar-refractivity contribution in [2.45, 2.75) is 26.2 Å². The standard InChI is InChI=1S/C16H17NO3/c1-16(2,3)11-7-4-5-9-13(11)20-14-10-6-8-12(17-14)15(18)19/h4-10H,1-3H3,(H,18,19). The van der Waals surface area contributed by atoms with E-state index in [9.17, 15) is 4.79 Å². The van der Waals surface area contributed by atoms with Gasteiger partial charge in [-0.15, -0.1) is 0 Å². The molecule has 2 rings (SSSR count). The summed E-state index contributed by atoms with van der Waals surface area (Å²) in [7, 11) is 0. The van der Waals surface area contributed by atoms with Crippen LogP contribution in [0.2, 0.25) is 0 Å². The molecular formula is C16H17NO3. The quantitative estimate of drug-likeness (QED) is 0.920. The number of nitrogens with zero attached hydrogens (tertiary/aromatic N) is 1. The van der Waals surface area contributed by atoms with E-state index in [4.69, 9.17) is 9.84 Å². The Bertz CT molecular complexity index is 630. The lowest BCUT2D eigenvalue weighted by Gasteiger charge is -2.22. The Hall–Kier alpha value is -2.36. The van der Waals surface area contributed by atoms with Gasteiger partial charge in [-0.2, -0.15) is 0 Å². The molecule has 2 aromatic rings. The minimum atomic E-state index is -1.07. The Kier molecular flexibility index (Phi) is 3.74. The molecule has 0 radical (unpaired) electrons. The zero-order valence-corrected chi connectivity index (χ0v) is 11.8. The number of aromatic carboxylic acids is 1. The highest BCUT2D eigenvalue weighted by Crippen LogP contribution is 2.33. The summed E-state index contributed by atoms with van der Waals surface area (Å²) in [4.78, 5) is 14.9. The molecule has 0 atom stereocenters. The van der Waals surface area contributed by atoms with Crippen LogP contribution in [0.3, 0.4) is 0 Å². The van der Waals surface area contributed by atoms with E-state index in [1.54, 1.807) is 12.1 Å². The van der Waals surface area contributed by atoms with Gasteiger partial charge in [0.2, 0.25) is 5.88 Å². The highest BCUT2D eigenvalue weighted by Gasteiger charge is 2.19. The maximum atomic E-state index is 10.9. The Morgan fingerprint density at radius 3 is 2.45 bits per heavy atom. The first-order valence-electron chi connectivity index (χ1n) is 6.35. The molecule has 104 valence electrons. The molecule has 0 saturated heterocycles. The van der Waals surface area contributed by atoms with Crippen molar-refractivity contribution in [3.8, 4) is 11.6 Å². The molecule has 1 aromatic carbocycles. The van der Waals surface area contributed by atoms with Crippen LogP contribution in [0.5, 0.6) is 11.6 Å². The van der Waals surface area contributed by atoms with Gasteiger partial charge >= 0.3 is 5.97 Å². The van der Waals surface area contributed by atoms with Crippen molar-refractivity contribution in [2.24, 2.45) is 0 Å². The summed E-state index contributed by atoms with van der Waals surface area (Å²) in [5.41, 5.74) is 0.944. The smallest absolute Gasteiger partial charge is 0.354 e. The van der Waals surface area contributed by atoms with Crippen molar-refractivity contribution < 1.29 is 14.6 Å². The van der Waals surface area contributed by atoms with Gasteiger partial charge in [-0.3, -0.25) is 0 Å². The molecule has 0 aliphatic heterocycles. The SMILES string of the molecule is CC(C)(C)c1ccccc1Oc1cccc(C(=O)O)n1. The number of aromatic nitrogens is 1. The molecule has 1 heterocycles. The van der Waals surface area contributed by atoms with Crippen molar-refractivity contribution in [1.29, 1.82) is 0 Å². The van der Waals surface area contributed by atoms with E-state index in [1.165, 1.54) is 6.07 Å². The Morgan fingerprint density at radius 1 is 1.10 bits per heavy atom. The van der Waals surface area contributed by atoms with Crippen molar-refractivity contribution in [2.75, 3.05) is 0 Å². The van der Waals surface area contributed by atoms with Crippen LogP contribution in [0.1, 0.15) is 36.8 Å². The average molecular weight is 271 g/mol. The predicted molar refractivity (Wildman–Crippen MR) is 76.4 cm³/mol. The number of para-hydroxylation sites is 1. The second-order valence-corrected chi connectivity index (χ2v) is 5.51. The van der Waals surface area contributed by atoms with Crippen LogP contribution in [-0.4, -0.2) is 16.1 Å². The molecule has 0 aliphatic carbocycles. The second-order valence-electron chi connectivity index (χ2n) is 5.51. The molecule has 0 spiro atoms. The normalized spacial score (nSPS) is 11.2. The predicted octanol–water partition coefficient (Wildman–Crippen LogP) is 3.87. The van der Waals surface area contributed by atoms with E-state index in [0.717, 1.165) is 5.56 Å². The molecule has 0 aliphatic rings. The highest BCUT2D eigenvalue weighted by molar-refractivity contribution is 5.85. The number of hydrogen-bond donors (Lipinski definition) is 1. The van der Waals surface area contributed by atoms with Gasteiger partial charge in [0.05, 0.1) is 0 Å². The van der Waals surface area contributed by atoms with E-state index < -0.39 is 5.97 Å². The molecular weight excluding hydrogens is 254 g/mol. The summed E-state index contributed by atoms with van der Waals surface area (Å²) in [6.07, 6.45) is 0. The van der Waals surface area contributed by atoms with Crippen molar-refractivity contribution in [3.63, 3.8) is 0 Å². The van der Waals surface area contributed by atoms with Crippen molar-refractivity contribution >= 4 is 5.97 Å². The number of hydrogen-bond acceptors (Lipinski definition) is 3. The van der Waals surface area contributed by atoms with Gasteiger partial charge in [0, 0.05) is 11.6 Å². The van der Waals surface area contributed by atoms with E-state index in [1.807, 2.05) is 24.3 Å². The van der Waals surface area contributed by atoms with E-state index in [0.29, 0.717) is 5.75 Å². The van der Waals surface area contributed by atoms with Crippen LogP contribution in [0.25, 0.3) is 0 Å². The Morgan fingerprint density at radius 2 is 1.80 bits per heavy atom. The largest absolute Gasteiger partial charge is 0.477 e. The average Bonchev–Trinajstić information content (AvgIpc) is 2.38. The van der Waals surface area contributed by atoms with Gasteiger partial charge in [0.25, 0.3) is 0 Å². The summed E-state index contributed by atoms with van der Waals surface area (Å²) in [5, 5.41) is 8.94. The fraction of sp³-hybridized carbons (Fsp3) is 0.250. The topological polar surface area (TPSA) is 59.4 Å². The van der Waals surface area contributed by atoms with Gasteiger partial charge in [0.1, 0.15) is 5.75 Å². The first-order chi connectivity index (χ1) is 9.38. The second kappa shape index (κ2) is 5.33. The van der Waals surface area contributed by atoms with Crippen LogP contribution in [-0.2, 0) is 5.41 Å². The third-order valence-corrected chi connectivity index (χ3v) is 2.85. The summed E-state index contributed by atoms with van der Waals surface area (Å²) in [6, 6.07) is 12.4. The third kappa shape index (κ3) is 3.15. The number of benzene rings is 1. The molecule has 0 amide bonds. The lowest BCUT2D eigenvalue weighted by molar-refractivity contribution is 0.0689. The first kappa shape index (κ1) is 14.1. The number of carboxylic acid groups (broad SMARTS) is 1. The first-order valence-corrected chi connectivity index (χ1v) is 6.35. The molecule has 1 N–H and O–H groups in total. The van der Waals surface area contributed by atoms with Crippen LogP contribution in [0.15, 0.2) is 42.5 Å². The van der Waals surface area contributed by atoms with Crippen molar-refractivity contribution in [1.82, 2.24) is 4.98 Å². The van der Waals surface area contributed by atoms with E-state index >= 15 is 0 Å². The van der Waals surface area contributed by atoms with Crippen molar-refractivity contribution in [3.05, 3.63) is 53.7 Å². The summed E-state index contributed by atoms with van der Waals surface area (Å²) < 4.78 is 5.75. The Labute approximate surface area is 118 Å². The lowest BCUT2D eigenvalue weighted by Crippen LogP contribution is -2.12. The Balaban J connectivity index is 2.36. The molecule has 0 bridgehead atoms. The van der Waals surface area contributed by atoms with Crippen LogP contribution in [0.4, 0.5) is 0 Å². The minimum Gasteiger partial charge on any atom is -0.477 e. The van der Waals surface area contributed by atoms with Crippen LogP contribution < -0.4 is 4.74 Å². The fourth-order valence-electron chi connectivity index (χ4n) is 1.88. The number of ether oxygens (including phenoxy) is 1. The van der Waals surface area contributed by atoms with E-state index in [-0.39, 0.29) is 17.0 Å². The number of carbonyl (C=O) groups is 1. The zero-order valence-electron chi connectivity index (χ0n) is 11.8.